The van der Waals surface area contributed by atoms with Gasteiger partial charge in [0.15, 0.2) is 5.78 Å². The topological polar surface area (TPSA) is 17.1 Å². The summed E-state index contributed by atoms with van der Waals surface area (Å²) in [5, 5.41) is 4.79. The summed E-state index contributed by atoms with van der Waals surface area (Å²) in [6.07, 6.45) is 0. The molecule has 0 heterocycles. The molecule has 0 saturated carbocycles. The van der Waals surface area contributed by atoms with Crippen molar-refractivity contribution in [2.45, 2.75) is 0 Å². The molecule has 1 aliphatic carbocycles. The van der Waals surface area contributed by atoms with E-state index in [4.69, 9.17) is 0 Å². The van der Waals surface area contributed by atoms with E-state index in [2.05, 4.69) is 48.5 Å². The molecule has 0 N–H and O–H groups in total. The van der Waals surface area contributed by atoms with E-state index < -0.39 is 0 Å². The van der Waals surface area contributed by atoms with Crippen molar-refractivity contribution in [2.75, 3.05) is 0 Å². The average molecular weight is 280 g/mol. The summed E-state index contributed by atoms with van der Waals surface area (Å²) < 4.78 is 0. The van der Waals surface area contributed by atoms with E-state index in [-0.39, 0.29) is 5.78 Å². The summed E-state index contributed by atoms with van der Waals surface area (Å²) in [6, 6.07) is 24.6. The molecule has 1 nitrogen and oxygen atoms in total. The van der Waals surface area contributed by atoms with Crippen molar-refractivity contribution in [1.29, 1.82) is 0 Å². The average Bonchev–Trinajstić information content (AvgIpc) is 2.88. The van der Waals surface area contributed by atoms with Gasteiger partial charge in [0.05, 0.1) is 0 Å². The van der Waals surface area contributed by atoms with Gasteiger partial charge in [-0.25, -0.2) is 0 Å². The molecule has 1 heteroatoms. The Labute approximate surface area is 127 Å². The van der Waals surface area contributed by atoms with Gasteiger partial charge in [0, 0.05) is 16.7 Å². The molecule has 0 bridgehead atoms. The number of rotatable bonds is 0. The second-order valence-corrected chi connectivity index (χ2v) is 5.75. The first-order valence-electron chi connectivity index (χ1n) is 7.43. The van der Waals surface area contributed by atoms with Gasteiger partial charge in [-0.15, -0.1) is 0 Å². The molecular formula is C21H12O. The smallest absolute Gasteiger partial charge is 0.194 e. The zero-order valence-electron chi connectivity index (χ0n) is 11.8. The summed E-state index contributed by atoms with van der Waals surface area (Å²) in [7, 11) is 0. The highest BCUT2D eigenvalue weighted by Crippen LogP contribution is 2.43. The van der Waals surface area contributed by atoms with Gasteiger partial charge in [0.1, 0.15) is 0 Å². The van der Waals surface area contributed by atoms with Crippen LogP contribution in [-0.2, 0) is 0 Å². The van der Waals surface area contributed by atoms with Crippen molar-refractivity contribution >= 4 is 27.3 Å². The maximum Gasteiger partial charge on any atom is 0.194 e. The van der Waals surface area contributed by atoms with E-state index in [0.717, 1.165) is 22.3 Å². The number of ketones is 1. The van der Waals surface area contributed by atoms with E-state index in [0.29, 0.717) is 0 Å². The van der Waals surface area contributed by atoms with Gasteiger partial charge < -0.3 is 0 Å². The van der Waals surface area contributed by atoms with Gasteiger partial charge in [-0.3, -0.25) is 4.79 Å². The van der Waals surface area contributed by atoms with Crippen molar-refractivity contribution in [1.82, 2.24) is 0 Å². The normalized spacial score (nSPS) is 12.6. The SMILES string of the molecule is O=C1c2ccccc2-c2c1ccc1ccc3ccccc3c21. The minimum absolute atomic E-state index is 0.139. The summed E-state index contributed by atoms with van der Waals surface area (Å²) in [5.41, 5.74) is 3.79. The van der Waals surface area contributed by atoms with Gasteiger partial charge in [0.25, 0.3) is 0 Å². The van der Waals surface area contributed by atoms with Crippen LogP contribution in [0.3, 0.4) is 0 Å². The van der Waals surface area contributed by atoms with Crippen LogP contribution in [0.25, 0.3) is 32.7 Å². The number of carbonyl (C=O) groups is 1. The number of hydrogen-bond acceptors (Lipinski definition) is 1. The molecule has 0 spiro atoms. The zero-order chi connectivity index (χ0) is 14.7. The Bertz CT molecular complexity index is 1090. The summed E-state index contributed by atoms with van der Waals surface area (Å²) in [4.78, 5) is 12.7. The van der Waals surface area contributed by atoms with Gasteiger partial charge in [-0.1, -0.05) is 66.7 Å². The lowest BCUT2D eigenvalue weighted by Crippen LogP contribution is -1.94. The molecule has 0 aliphatic heterocycles. The van der Waals surface area contributed by atoms with Crippen LogP contribution < -0.4 is 0 Å². The summed E-state index contributed by atoms with van der Waals surface area (Å²) in [6.45, 7) is 0. The fourth-order valence-corrected chi connectivity index (χ4v) is 3.61. The van der Waals surface area contributed by atoms with Crippen LogP contribution in [0.15, 0.2) is 72.8 Å². The van der Waals surface area contributed by atoms with Crippen LogP contribution in [0, 0.1) is 0 Å². The van der Waals surface area contributed by atoms with Crippen LogP contribution in [-0.4, -0.2) is 5.78 Å². The third kappa shape index (κ3) is 1.35. The predicted octanol–water partition coefficient (Wildman–Crippen LogP) is 5.20. The van der Waals surface area contributed by atoms with Crippen molar-refractivity contribution < 1.29 is 4.79 Å². The molecule has 5 rings (SSSR count). The maximum absolute atomic E-state index is 12.7. The standard InChI is InChI=1S/C21H12O/c22-21-17-8-4-3-7-16(17)20-18(21)12-11-14-10-9-13-5-1-2-6-15(13)19(14)20/h1-12H. The van der Waals surface area contributed by atoms with Crippen LogP contribution >= 0.6 is 0 Å². The lowest BCUT2D eigenvalue weighted by atomic mass is 9.93. The Hall–Kier alpha value is -2.93. The van der Waals surface area contributed by atoms with Crippen molar-refractivity contribution in [2.24, 2.45) is 0 Å². The first-order chi connectivity index (χ1) is 10.8. The summed E-state index contributed by atoms with van der Waals surface area (Å²) >= 11 is 0. The number of fused-ring (bicyclic) bond motifs is 7. The highest BCUT2D eigenvalue weighted by atomic mass is 16.1. The van der Waals surface area contributed by atoms with Crippen molar-refractivity contribution in [3.05, 3.63) is 83.9 Å². The van der Waals surface area contributed by atoms with Crippen molar-refractivity contribution in [3.8, 4) is 11.1 Å². The van der Waals surface area contributed by atoms with Crippen molar-refractivity contribution in [3.63, 3.8) is 0 Å². The van der Waals surface area contributed by atoms with E-state index in [1.807, 2.05) is 24.3 Å². The van der Waals surface area contributed by atoms with Crippen LogP contribution in [0.2, 0.25) is 0 Å². The highest BCUT2D eigenvalue weighted by Gasteiger charge is 2.28. The van der Waals surface area contributed by atoms with Gasteiger partial charge in [-0.2, -0.15) is 0 Å². The lowest BCUT2D eigenvalue weighted by Gasteiger charge is -2.09. The Balaban J connectivity index is 2.07. The first kappa shape index (κ1) is 11.7. The fourth-order valence-electron chi connectivity index (χ4n) is 3.61. The zero-order valence-corrected chi connectivity index (χ0v) is 11.8. The molecule has 102 valence electrons. The maximum atomic E-state index is 12.7. The largest absolute Gasteiger partial charge is 0.289 e. The second-order valence-electron chi connectivity index (χ2n) is 5.75. The van der Waals surface area contributed by atoms with E-state index in [1.165, 1.54) is 21.5 Å². The van der Waals surface area contributed by atoms with Gasteiger partial charge in [0.2, 0.25) is 0 Å². The lowest BCUT2D eigenvalue weighted by molar-refractivity contribution is 0.104. The Morgan fingerprint density at radius 1 is 0.545 bits per heavy atom. The molecular weight excluding hydrogens is 268 g/mol. The molecule has 22 heavy (non-hydrogen) atoms. The number of benzene rings is 4. The summed E-state index contributed by atoms with van der Waals surface area (Å²) in [5.74, 6) is 0.139. The van der Waals surface area contributed by atoms with E-state index in [1.54, 1.807) is 0 Å². The number of carbonyl (C=O) groups excluding carboxylic acids is 1. The molecule has 1 aliphatic rings. The molecule has 4 aromatic carbocycles. The molecule has 0 radical (unpaired) electrons. The first-order valence-corrected chi connectivity index (χ1v) is 7.43. The monoisotopic (exact) mass is 280 g/mol. The van der Waals surface area contributed by atoms with Crippen LogP contribution in [0.5, 0.6) is 0 Å². The Morgan fingerprint density at radius 2 is 1.23 bits per heavy atom. The van der Waals surface area contributed by atoms with Gasteiger partial charge >= 0.3 is 0 Å². The second kappa shape index (κ2) is 4.05. The van der Waals surface area contributed by atoms with Crippen LogP contribution in [0.1, 0.15) is 15.9 Å². The Morgan fingerprint density at radius 3 is 2.14 bits per heavy atom. The molecule has 0 saturated heterocycles. The highest BCUT2D eigenvalue weighted by molar-refractivity contribution is 6.29. The van der Waals surface area contributed by atoms with Gasteiger partial charge in [-0.05, 0) is 33.2 Å². The fraction of sp³-hybridized carbons (Fsp3) is 0. The van der Waals surface area contributed by atoms with E-state index in [9.17, 15) is 4.79 Å². The predicted molar refractivity (Wildman–Crippen MR) is 90.3 cm³/mol. The van der Waals surface area contributed by atoms with E-state index >= 15 is 0 Å². The molecule has 0 aromatic heterocycles. The third-order valence-electron chi connectivity index (χ3n) is 4.60. The molecule has 0 fully saturated rings. The minimum atomic E-state index is 0.139. The minimum Gasteiger partial charge on any atom is -0.289 e. The van der Waals surface area contributed by atoms with Crippen LogP contribution in [0.4, 0.5) is 0 Å². The quantitative estimate of drug-likeness (QED) is 0.356. The molecule has 0 amide bonds. The molecule has 0 unspecified atom stereocenters. The third-order valence-corrected chi connectivity index (χ3v) is 4.60. The Kier molecular flexibility index (Phi) is 2.15. The molecule has 0 atom stereocenters. The molecule has 4 aromatic rings. The number of hydrogen-bond donors (Lipinski definition) is 0.